The average molecular weight is 437 g/mol. The number of carbonyl (C=O) groups is 3. The molecule has 1 N–H and O–H groups in total. The first-order valence-electron chi connectivity index (χ1n) is 9.84. The van der Waals surface area contributed by atoms with Crippen LogP contribution in [0.2, 0.25) is 0 Å². The quantitative estimate of drug-likeness (QED) is 0.426. The van der Waals surface area contributed by atoms with Crippen LogP contribution in [0, 0.1) is 0 Å². The van der Waals surface area contributed by atoms with E-state index < -0.39 is 24.2 Å². The lowest BCUT2D eigenvalue weighted by molar-refractivity contribution is -0.143. The molecule has 9 nitrogen and oxygen atoms in total. The van der Waals surface area contributed by atoms with Crippen molar-refractivity contribution in [2.24, 2.45) is 0 Å². The van der Waals surface area contributed by atoms with Crippen molar-refractivity contribution < 1.29 is 28.6 Å². The van der Waals surface area contributed by atoms with Gasteiger partial charge in [0.25, 0.3) is 0 Å². The molecule has 2 aromatic carbocycles. The molecule has 32 heavy (non-hydrogen) atoms. The summed E-state index contributed by atoms with van der Waals surface area (Å²) >= 11 is 0. The van der Waals surface area contributed by atoms with Gasteiger partial charge in [-0.05, 0) is 11.1 Å². The zero-order valence-electron chi connectivity index (χ0n) is 17.5. The molecule has 1 atom stereocenters. The maximum atomic E-state index is 12.2. The molecule has 0 aliphatic heterocycles. The average Bonchev–Trinajstić information content (AvgIpc) is 3.30. The van der Waals surface area contributed by atoms with Crippen LogP contribution in [0.3, 0.4) is 0 Å². The number of carbonyl (C=O) groups excluding carboxylic acids is 3. The molecule has 0 bridgehead atoms. The number of amides is 1. The highest BCUT2D eigenvalue weighted by Gasteiger charge is 2.24. The summed E-state index contributed by atoms with van der Waals surface area (Å²) in [7, 11) is 1.21. The van der Waals surface area contributed by atoms with Crippen LogP contribution >= 0.6 is 0 Å². The van der Waals surface area contributed by atoms with E-state index in [1.807, 2.05) is 60.7 Å². The third-order valence-corrected chi connectivity index (χ3v) is 4.46. The van der Waals surface area contributed by atoms with Gasteiger partial charge in [-0.15, -0.1) is 0 Å². The first kappa shape index (κ1) is 22.5. The van der Waals surface area contributed by atoms with Gasteiger partial charge in [-0.1, -0.05) is 60.7 Å². The van der Waals surface area contributed by atoms with E-state index in [9.17, 15) is 14.4 Å². The van der Waals surface area contributed by atoms with Crippen LogP contribution in [0.4, 0.5) is 9.59 Å². The second-order valence-electron chi connectivity index (χ2n) is 6.80. The standard InChI is InChI=1S/C23H23N3O6/c1-30-21(27)20(25-22(28)31-14-17-8-4-2-5-9-17)12-19-13-26(16-24-19)23(29)32-15-18-10-6-3-7-11-18/h2-11,13,16,20H,12,14-15H2,1H3,(H,25,28). The summed E-state index contributed by atoms with van der Waals surface area (Å²) in [6.07, 6.45) is 1.33. The molecule has 1 unspecified atom stereocenters. The Morgan fingerprint density at radius 3 is 2.12 bits per heavy atom. The van der Waals surface area contributed by atoms with Crippen LogP contribution in [-0.2, 0) is 38.6 Å². The molecule has 0 radical (unpaired) electrons. The normalized spacial score (nSPS) is 11.3. The number of rotatable bonds is 8. The van der Waals surface area contributed by atoms with E-state index in [1.165, 1.54) is 24.2 Å². The van der Waals surface area contributed by atoms with E-state index in [-0.39, 0.29) is 19.6 Å². The van der Waals surface area contributed by atoms with Crippen molar-refractivity contribution >= 4 is 18.2 Å². The Kier molecular flexibility index (Phi) is 7.96. The van der Waals surface area contributed by atoms with Crippen molar-refractivity contribution in [1.29, 1.82) is 0 Å². The smallest absolute Gasteiger partial charge is 0.419 e. The molecule has 0 aliphatic carbocycles. The zero-order valence-corrected chi connectivity index (χ0v) is 17.5. The number of imidazole rings is 1. The Hall–Kier alpha value is -4.14. The van der Waals surface area contributed by atoms with E-state index >= 15 is 0 Å². The number of hydrogen-bond acceptors (Lipinski definition) is 7. The lowest BCUT2D eigenvalue weighted by Gasteiger charge is -2.15. The summed E-state index contributed by atoms with van der Waals surface area (Å²) in [6, 6.07) is 17.4. The molecule has 9 heteroatoms. The molecular weight excluding hydrogens is 414 g/mol. The van der Waals surface area contributed by atoms with Gasteiger partial charge in [-0.25, -0.2) is 23.9 Å². The molecular formula is C23H23N3O6. The van der Waals surface area contributed by atoms with Gasteiger partial charge >= 0.3 is 18.2 Å². The largest absolute Gasteiger partial charge is 0.467 e. The van der Waals surface area contributed by atoms with E-state index in [2.05, 4.69) is 10.3 Å². The number of esters is 1. The van der Waals surface area contributed by atoms with Crippen LogP contribution in [0.25, 0.3) is 0 Å². The van der Waals surface area contributed by atoms with E-state index in [1.54, 1.807) is 0 Å². The van der Waals surface area contributed by atoms with E-state index in [0.717, 1.165) is 11.1 Å². The second kappa shape index (κ2) is 11.3. The Labute approximate surface area is 184 Å². The summed E-state index contributed by atoms with van der Waals surface area (Å²) in [4.78, 5) is 40.6. The Bertz CT molecular complexity index is 1040. The second-order valence-corrected chi connectivity index (χ2v) is 6.80. The monoisotopic (exact) mass is 437 g/mol. The first-order chi connectivity index (χ1) is 15.5. The number of methoxy groups -OCH3 is 1. The highest BCUT2D eigenvalue weighted by molar-refractivity contribution is 5.81. The van der Waals surface area contributed by atoms with Gasteiger partial charge < -0.3 is 19.5 Å². The number of nitrogens with zero attached hydrogens (tertiary/aromatic N) is 2. The van der Waals surface area contributed by atoms with Crippen LogP contribution in [-0.4, -0.2) is 40.9 Å². The van der Waals surface area contributed by atoms with Gasteiger partial charge in [0.15, 0.2) is 0 Å². The van der Waals surface area contributed by atoms with Crippen LogP contribution < -0.4 is 5.32 Å². The molecule has 1 heterocycles. The van der Waals surface area contributed by atoms with Crippen molar-refractivity contribution in [3.8, 4) is 0 Å². The summed E-state index contributed by atoms with van der Waals surface area (Å²) in [6.45, 7) is 0.176. The fraction of sp³-hybridized carbons (Fsp3) is 0.217. The summed E-state index contributed by atoms with van der Waals surface area (Å²) < 4.78 is 16.3. The van der Waals surface area contributed by atoms with Crippen LogP contribution in [0.15, 0.2) is 73.2 Å². The molecule has 3 aromatic rings. The zero-order chi connectivity index (χ0) is 22.8. The molecule has 0 spiro atoms. The predicted molar refractivity (Wildman–Crippen MR) is 114 cm³/mol. The minimum atomic E-state index is -1.04. The van der Waals surface area contributed by atoms with Crippen LogP contribution in [0.5, 0.6) is 0 Å². The number of nitrogens with one attached hydrogen (secondary N) is 1. The first-order valence-corrected chi connectivity index (χ1v) is 9.84. The molecule has 1 amide bonds. The Morgan fingerprint density at radius 2 is 1.53 bits per heavy atom. The summed E-state index contributed by atoms with van der Waals surface area (Å²) in [5.74, 6) is -0.664. The number of ether oxygens (including phenoxy) is 3. The maximum absolute atomic E-state index is 12.2. The SMILES string of the molecule is COC(=O)C(Cc1cn(C(=O)OCc2ccccc2)cn1)NC(=O)OCc1ccccc1. The predicted octanol–water partition coefficient (Wildman–Crippen LogP) is 3.08. The third kappa shape index (κ3) is 6.69. The highest BCUT2D eigenvalue weighted by Crippen LogP contribution is 2.07. The topological polar surface area (TPSA) is 109 Å². The molecule has 0 saturated carbocycles. The molecule has 166 valence electrons. The highest BCUT2D eigenvalue weighted by atomic mass is 16.6. The maximum Gasteiger partial charge on any atom is 0.419 e. The molecule has 3 rings (SSSR count). The summed E-state index contributed by atoms with van der Waals surface area (Å²) in [5, 5.41) is 2.47. The van der Waals surface area contributed by atoms with Gasteiger partial charge in [0.1, 0.15) is 25.6 Å². The van der Waals surface area contributed by atoms with Crippen molar-refractivity contribution in [2.45, 2.75) is 25.7 Å². The van der Waals surface area contributed by atoms with Crippen molar-refractivity contribution in [1.82, 2.24) is 14.9 Å². The molecule has 0 aliphatic rings. The fourth-order valence-electron chi connectivity index (χ4n) is 2.81. The van der Waals surface area contributed by atoms with Gasteiger partial charge in [0.2, 0.25) is 0 Å². The van der Waals surface area contributed by atoms with E-state index in [0.29, 0.717) is 5.69 Å². The van der Waals surface area contributed by atoms with Crippen molar-refractivity contribution in [2.75, 3.05) is 7.11 Å². The Balaban J connectivity index is 1.55. The van der Waals surface area contributed by atoms with Gasteiger partial charge in [-0.3, -0.25) is 0 Å². The van der Waals surface area contributed by atoms with Crippen molar-refractivity contribution in [3.05, 3.63) is 90.0 Å². The van der Waals surface area contributed by atoms with Crippen molar-refractivity contribution in [3.63, 3.8) is 0 Å². The summed E-state index contributed by atoms with van der Waals surface area (Å²) in [5.41, 5.74) is 2.05. The van der Waals surface area contributed by atoms with Gasteiger partial charge in [0, 0.05) is 12.6 Å². The third-order valence-electron chi connectivity index (χ3n) is 4.46. The molecule has 0 fully saturated rings. The van der Waals surface area contributed by atoms with Crippen LogP contribution in [0.1, 0.15) is 16.8 Å². The number of hydrogen-bond donors (Lipinski definition) is 1. The lowest BCUT2D eigenvalue weighted by Crippen LogP contribution is -2.43. The number of benzene rings is 2. The Morgan fingerprint density at radius 1 is 0.938 bits per heavy atom. The minimum absolute atomic E-state index is 0.00603. The van der Waals surface area contributed by atoms with E-state index in [4.69, 9.17) is 14.2 Å². The van der Waals surface area contributed by atoms with Gasteiger partial charge in [-0.2, -0.15) is 0 Å². The minimum Gasteiger partial charge on any atom is -0.467 e. The van der Waals surface area contributed by atoms with Gasteiger partial charge in [0.05, 0.1) is 12.8 Å². The number of alkyl carbamates (subject to hydrolysis) is 1. The number of aromatic nitrogens is 2. The fourth-order valence-corrected chi connectivity index (χ4v) is 2.81. The molecule has 1 aromatic heterocycles. The molecule has 0 saturated heterocycles. The lowest BCUT2D eigenvalue weighted by atomic mass is 10.1.